The highest BCUT2D eigenvalue weighted by atomic mass is 32.2. The molecule has 0 unspecified atom stereocenters. The summed E-state index contributed by atoms with van der Waals surface area (Å²) in [6, 6.07) is 10.4. The van der Waals surface area contributed by atoms with Gasteiger partial charge in [-0.25, -0.2) is 0 Å². The number of nitrogens with one attached hydrogen (secondary N) is 2. The van der Waals surface area contributed by atoms with Crippen molar-refractivity contribution in [2.45, 2.75) is 24.8 Å². The van der Waals surface area contributed by atoms with Crippen molar-refractivity contribution >= 4 is 17.7 Å². The van der Waals surface area contributed by atoms with E-state index in [4.69, 9.17) is 0 Å². The molecular formula is C17H24N4OS. The fraction of sp³-hybridized carbons (Fsp3) is 0.412. The number of likely N-dealkylation sites (N-methyl/N-ethyl adjacent to an activating group) is 1. The third kappa shape index (κ3) is 4.84. The average Bonchev–Trinajstić information content (AvgIpc) is 2.85. The number of thioether (sulfide) groups is 1. The molecule has 0 saturated carbocycles. The minimum atomic E-state index is 0.0396. The molecule has 124 valence electrons. The highest BCUT2D eigenvalue weighted by molar-refractivity contribution is 8.00. The lowest BCUT2D eigenvalue weighted by atomic mass is 10.1. The van der Waals surface area contributed by atoms with E-state index >= 15 is 0 Å². The lowest BCUT2D eigenvalue weighted by Crippen LogP contribution is -2.35. The molecule has 0 aliphatic rings. The number of aryl methyl sites for hydroxylation is 2. The van der Waals surface area contributed by atoms with Crippen LogP contribution in [0.25, 0.3) is 0 Å². The maximum Gasteiger partial charge on any atom is 0.230 e. The SMILES string of the molecule is Cc1n[nH]c(C)c1SCC(=O)NC[C@@H](c1ccccc1)N(C)C. The van der Waals surface area contributed by atoms with Gasteiger partial charge in [0.2, 0.25) is 5.91 Å². The van der Waals surface area contributed by atoms with Gasteiger partial charge >= 0.3 is 0 Å². The molecule has 0 spiro atoms. The molecule has 0 bridgehead atoms. The second-order valence-corrected chi connectivity index (χ2v) is 6.73. The van der Waals surface area contributed by atoms with Gasteiger partial charge in [0, 0.05) is 12.2 Å². The zero-order valence-corrected chi connectivity index (χ0v) is 14.9. The van der Waals surface area contributed by atoms with E-state index in [1.54, 1.807) is 0 Å². The fourth-order valence-corrected chi connectivity index (χ4v) is 3.32. The Balaban J connectivity index is 1.87. The van der Waals surface area contributed by atoms with Crippen LogP contribution in [0, 0.1) is 13.8 Å². The number of hydrogen-bond donors (Lipinski definition) is 2. The zero-order valence-electron chi connectivity index (χ0n) is 14.1. The van der Waals surface area contributed by atoms with Crippen LogP contribution >= 0.6 is 11.8 Å². The van der Waals surface area contributed by atoms with Gasteiger partial charge in [0.05, 0.1) is 22.4 Å². The summed E-state index contributed by atoms with van der Waals surface area (Å²) in [5.74, 6) is 0.439. The largest absolute Gasteiger partial charge is 0.353 e. The first-order valence-electron chi connectivity index (χ1n) is 7.61. The predicted octanol–water partition coefficient (Wildman–Crippen LogP) is 2.54. The van der Waals surface area contributed by atoms with Crippen LogP contribution in [0.2, 0.25) is 0 Å². The van der Waals surface area contributed by atoms with Gasteiger partial charge in [-0.05, 0) is 33.5 Å². The Morgan fingerprint density at radius 3 is 2.57 bits per heavy atom. The van der Waals surface area contributed by atoms with E-state index in [1.165, 1.54) is 17.3 Å². The van der Waals surface area contributed by atoms with Gasteiger partial charge in [-0.1, -0.05) is 30.3 Å². The number of rotatable bonds is 7. The summed E-state index contributed by atoms with van der Waals surface area (Å²) < 4.78 is 0. The smallest absolute Gasteiger partial charge is 0.230 e. The zero-order chi connectivity index (χ0) is 16.8. The predicted molar refractivity (Wildman–Crippen MR) is 94.7 cm³/mol. The molecule has 0 radical (unpaired) electrons. The van der Waals surface area contributed by atoms with Gasteiger partial charge in [-0.3, -0.25) is 9.89 Å². The van der Waals surface area contributed by atoms with Crippen LogP contribution in [0.1, 0.15) is 23.0 Å². The van der Waals surface area contributed by atoms with Crippen LogP contribution in [0.4, 0.5) is 0 Å². The molecule has 6 heteroatoms. The van der Waals surface area contributed by atoms with E-state index in [-0.39, 0.29) is 11.9 Å². The molecule has 0 fully saturated rings. The van der Waals surface area contributed by atoms with E-state index in [2.05, 4.69) is 32.5 Å². The summed E-state index contributed by atoms with van der Waals surface area (Å²) in [6.07, 6.45) is 0. The molecule has 5 nitrogen and oxygen atoms in total. The summed E-state index contributed by atoms with van der Waals surface area (Å²) in [5.41, 5.74) is 3.15. The van der Waals surface area contributed by atoms with Gasteiger partial charge in [-0.15, -0.1) is 11.8 Å². The number of aromatic nitrogens is 2. The van der Waals surface area contributed by atoms with Crippen LogP contribution in [0.3, 0.4) is 0 Å². The van der Waals surface area contributed by atoms with Gasteiger partial charge in [-0.2, -0.15) is 5.10 Å². The molecule has 0 saturated heterocycles. The number of amides is 1. The van der Waals surface area contributed by atoms with E-state index in [9.17, 15) is 4.79 Å². The molecule has 2 rings (SSSR count). The summed E-state index contributed by atoms with van der Waals surface area (Å²) in [4.78, 5) is 15.3. The molecule has 2 N–H and O–H groups in total. The maximum atomic E-state index is 12.1. The Morgan fingerprint density at radius 1 is 1.30 bits per heavy atom. The highest BCUT2D eigenvalue weighted by Crippen LogP contribution is 2.23. The standard InChI is InChI=1S/C17H24N4OS/c1-12-17(13(2)20-19-12)23-11-16(22)18-10-15(21(3)4)14-8-6-5-7-9-14/h5-9,15H,10-11H2,1-4H3,(H,18,22)(H,19,20)/t15-/m0/s1. The van der Waals surface area contributed by atoms with Crippen LogP contribution in [0.5, 0.6) is 0 Å². The fourth-order valence-electron chi connectivity index (χ4n) is 2.43. The minimum absolute atomic E-state index is 0.0396. The Hall–Kier alpha value is -1.79. The molecule has 2 aromatic rings. The lowest BCUT2D eigenvalue weighted by molar-refractivity contribution is -0.118. The van der Waals surface area contributed by atoms with Crippen molar-refractivity contribution in [3.8, 4) is 0 Å². The minimum Gasteiger partial charge on any atom is -0.353 e. The van der Waals surface area contributed by atoms with Crippen LogP contribution in [0.15, 0.2) is 35.2 Å². The summed E-state index contributed by atoms with van der Waals surface area (Å²) in [7, 11) is 4.05. The van der Waals surface area contributed by atoms with E-state index in [0.29, 0.717) is 12.3 Å². The van der Waals surface area contributed by atoms with E-state index in [0.717, 1.165) is 16.3 Å². The van der Waals surface area contributed by atoms with Crippen molar-refractivity contribution in [1.82, 2.24) is 20.4 Å². The van der Waals surface area contributed by atoms with E-state index in [1.807, 2.05) is 46.1 Å². The Bertz CT molecular complexity index is 620. The molecular weight excluding hydrogens is 308 g/mol. The first-order chi connectivity index (χ1) is 11.0. The van der Waals surface area contributed by atoms with Gasteiger partial charge in [0.15, 0.2) is 0 Å². The second kappa shape index (κ2) is 8.17. The number of nitrogens with zero attached hydrogens (tertiary/aromatic N) is 2. The van der Waals surface area contributed by atoms with Crippen molar-refractivity contribution in [2.75, 3.05) is 26.4 Å². The van der Waals surface area contributed by atoms with Crippen LogP contribution in [-0.2, 0) is 4.79 Å². The number of carbonyl (C=O) groups is 1. The molecule has 1 aromatic heterocycles. The number of hydrogen-bond acceptors (Lipinski definition) is 4. The highest BCUT2D eigenvalue weighted by Gasteiger charge is 2.15. The molecule has 1 heterocycles. The Labute approximate surface area is 141 Å². The Morgan fingerprint density at radius 2 is 2.00 bits per heavy atom. The van der Waals surface area contributed by atoms with Crippen molar-refractivity contribution < 1.29 is 4.79 Å². The molecule has 1 aromatic carbocycles. The third-order valence-electron chi connectivity index (χ3n) is 3.71. The van der Waals surface area contributed by atoms with Crippen molar-refractivity contribution in [2.24, 2.45) is 0 Å². The molecule has 0 aliphatic carbocycles. The average molecular weight is 332 g/mol. The molecule has 0 aliphatic heterocycles. The maximum absolute atomic E-state index is 12.1. The van der Waals surface area contributed by atoms with E-state index < -0.39 is 0 Å². The number of aromatic amines is 1. The monoisotopic (exact) mass is 332 g/mol. The summed E-state index contributed by atoms with van der Waals surface area (Å²) in [6.45, 7) is 4.51. The van der Waals surface area contributed by atoms with Gasteiger partial charge in [0.25, 0.3) is 0 Å². The van der Waals surface area contributed by atoms with Gasteiger partial charge in [0.1, 0.15) is 0 Å². The lowest BCUT2D eigenvalue weighted by Gasteiger charge is -2.25. The van der Waals surface area contributed by atoms with Crippen LogP contribution < -0.4 is 5.32 Å². The Kier molecular flexibility index (Phi) is 6.24. The summed E-state index contributed by atoms with van der Waals surface area (Å²) in [5, 5.41) is 10.1. The van der Waals surface area contributed by atoms with Crippen molar-refractivity contribution in [1.29, 1.82) is 0 Å². The number of benzene rings is 1. The third-order valence-corrected chi connectivity index (χ3v) is 5.01. The van der Waals surface area contributed by atoms with Crippen molar-refractivity contribution in [3.63, 3.8) is 0 Å². The number of carbonyl (C=O) groups excluding carboxylic acids is 1. The quantitative estimate of drug-likeness (QED) is 0.765. The number of H-pyrrole nitrogens is 1. The first kappa shape index (κ1) is 17.6. The molecule has 23 heavy (non-hydrogen) atoms. The molecule has 1 amide bonds. The van der Waals surface area contributed by atoms with Gasteiger partial charge < -0.3 is 10.2 Å². The van der Waals surface area contributed by atoms with Crippen LogP contribution in [-0.4, -0.2) is 47.4 Å². The van der Waals surface area contributed by atoms with Crippen molar-refractivity contribution in [3.05, 3.63) is 47.3 Å². The first-order valence-corrected chi connectivity index (χ1v) is 8.60. The topological polar surface area (TPSA) is 61.0 Å². The normalized spacial score (nSPS) is 12.4. The second-order valence-electron chi connectivity index (χ2n) is 5.75. The molecule has 1 atom stereocenters. The summed E-state index contributed by atoms with van der Waals surface area (Å²) >= 11 is 1.52.